The van der Waals surface area contributed by atoms with Crippen LogP contribution in [0.2, 0.25) is 20.1 Å². The van der Waals surface area contributed by atoms with Gasteiger partial charge in [0.15, 0.2) is 0 Å². The van der Waals surface area contributed by atoms with E-state index in [9.17, 15) is 5.11 Å². The third-order valence-electron chi connectivity index (χ3n) is 5.67. The van der Waals surface area contributed by atoms with Crippen LogP contribution >= 0.6 is 75.0 Å². The van der Waals surface area contributed by atoms with E-state index in [0.717, 1.165) is 16.7 Å². The van der Waals surface area contributed by atoms with E-state index in [0.29, 0.717) is 33.3 Å². The minimum atomic E-state index is -0.666. The molecule has 0 spiro atoms. The van der Waals surface area contributed by atoms with Crippen LogP contribution in [0, 0.1) is 0 Å². The summed E-state index contributed by atoms with van der Waals surface area (Å²) >= 11 is 31.4. The van der Waals surface area contributed by atoms with Crippen LogP contribution in [0.15, 0.2) is 79.1 Å². The highest BCUT2D eigenvalue weighted by molar-refractivity contribution is 8.93. The molecule has 1 heterocycles. The van der Waals surface area contributed by atoms with Crippen LogP contribution in [-0.4, -0.2) is 33.6 Å². The molecule has 192 valence electrons. The molecule has 0 saturated carbocycles. The zero-order valence-corrected chi connectivity index (χ0v) is 24.4. The Morgan fingerprint density at radius 3 is 2.00 bits per heavy atom. The summed E-state index contributed by atoms with van der Waals surface area (Å²) in [5, 5.41) is 13.0. The van der Waals surface area contributed by atoms with Gasteiger partial charge in [-0.25, -0.2) is 0 Å². The Labute approximate surface area is 246 Å². The Kier molecular flexibility index (Phi) is 11.1. The van der Waals surface area contributed by atoms with Crippen LogP contribution in [0.3, 0.4) is 0 Å². The Balaban J connectivity index is 0.00000361. The lowest BCUT2D eigenvalue weighted by Gasteiger charge is -2.32. The van der Waals surface area contributed by atoms with Gasteiger partial charge in [0.25, 0.3) is 0 Å². The standard InChI is InChI=1S/C26H23Cl5N2O2.BrH/c27-20-6-1-17(2-7-20)24(34)14-32-11-12-33(16-32)26(31)25(18-3-8-21(28)9-4-18)35-15-19-5-10-22(29)13-23(19)30;/h1-13,24-26,34H,14-16H2;1H. The van der Waals surface area contributed by atoms with Crippen LogP contribution in [0.4, 0.5) is 0 Å². The van der Waals surface area contributed by atoms with Gasteiger partial charge in [0.1, 0.15) is 11.6 Å². The first-order valence-electron chi connectivity index (χ1n) is 10.9. The van der Waals surface area contributed by atoms with Crippen LogP contribution in [0.25, 0.3) is 0 Å². The van der Waals surface area contributed by atoms with Crippen molar-refractivity contribution in [1.82, 2.24) is 9.80 Å². The average Bonchev–Trinajstić information content (AvgIpc) is 3.30. The number of hydrogen-bond acceptors (Lipinski definition) is 4. The Hall–Kier alpha value is -1.15. The molecule has 10 heteroatoms. The van der Waals surface area contributed by atoms with Gasteiger partial charge in [-0.1, -0.05) is 88.3 Å². The molecule has 1 N–H and O–H groups in total. The molecule has 3 aromatic rings. The molecule has 3 atom stereocenters. The smallest absolute Gasteiger partial charge is 0.135 e. The zero-order valence-electron chi connectivity index (χ0n) is 18.9. The van der Waals surface area contributed by atoms with E-state index < -0.39 is 17.7 Å². The number of rotatable bonds is 9. The second kappa shape index (κ2) is 13.6. The minimum Gasteiger partial charge on any atom is -0.387 e. The van der Waals surface area contributed by atoms with Gasteiger partial charge in [-0.05, 0) is 53.1 Å². The molecular formula is C26H24BrCl5N2O2. The number of benzene rings is 3. The SMILES string of the molecule is Br.OC(CN1C=CN(C(Cl)C(OCc2ccc(Cl)cc2Cl)c2ccc(Cl)cc2)C1)c1ccc(Cl)cc1. The lowest BCUT2D eigenvalue weighted by molar-refractivity contribution is 0.00516. The number of β-amino-alcohol motifs (C(OH)–C–C–N with tert-alkyl or cyclic N) is 1. The molecule has 0 fully saturated rings. The molecule has 4 rings (SSSR count). The lowest BCUT2D eigenvalue weighted by Crippen LogP contribution is -2.36. The van der Waals surface area contributed by atoms with Crippen molar-refractivity contribution in [3.63, 3.8) is 0 Å². The van der Waals surface area contributed by atoms with Crippen LogP contribution in [0.1, 0.15) is 28.9 Å². The number of ether oxygens (including phenoxy) is 1. The summed E-state index contributed by atoms with van der Waals surface area (Å²) in [6.45, 7) is 1.15. The number of halogens is 6. The third-order valence-corrected chi connectivity index (χ3v) is 7.25. The summed E-state index contributed by atoms with van der Waals surface area (Å²) in [7, 11) is 0. The van der Waals surface area contributed by atoms with Crippen molar-refractivity contribution in [1.29, 1.82) is 0 Å². The zero-order chi connectivity index (χ0) is 24.9. The molecule has 1 aliphatic heterocycles. The fourth-order valence-electron chi connectivity index (χ4n) is 3.75. The fourth-order valence-corrected chi connectivity index (χ4v) is 4.81. The van der Waals surface area contributed by atoms with Crippen molar-refractivity contribution < 1.29 is 9.84 Å². The van der Waals surface area contributed by atoms with E-state index >= 15 is 0 Å². The predicted molar refractivity (Wildman–Crippen MR) is 154 cm³/mol. The van der Waals surface area contributed by atoms with Crippen LogP contribution < -0.4 is 0 Å². The van der Waals surface area contributed by atoms with Crippen molar-refractivity contribution in [2.45, 2.75) is 24.3 Å². The van der Waals surface area contributed by atoms with E-state index in [2.05, 4.69) is 0 Å². The van der Waals surface area contributed by atoms with Gasteiger partial charge in [-0.2, -0.15) is 0 Å². The first-order valence-corrected chi connectivity index (χ1v) is 12.8. The molecule has 0 saturated heterocycles. The van der Waals surface area contributed by atoms with Gasteiger partial charge in [0, 0.05) is 39.0 Å². The quantitative estimate of drug-likeness (QED) is 0.186. The molecule has 0 amide bonds. The first kappa shape index (κ1) is 29.4. The van der Waals surface area contributed by atoms with E-state index in [1.807, 2.05) is 52.5 Å². The molecule has 0 radical (unpaired) electrons. The Morgan fingerprint density at radius 2 is 1.39 bits per heavy atom. The van der Waals surface area contributed by atoms with Gasteiger partial charge in [-0.15, -0.1) is 17.0 Å². The number of alkyl halides is 1. The highest BCUT2D eigenvalue weighted by Crippen LogP contribution is 2.33. The maximum Gasteiger partial charge on any atom is 0.135 e. The lowest BCUT2D eigenvalue weighted by atomic mass is 10.1. The van der Waals surface area contributed by atoms with Crippen molar-refractivity contribution in [2.24, 2.45) is 0 Å². The minimum absolute atomic E-state index is 0. The van der Waals surface area contributed by atoms with Crippen molar-refractivity contribution in [3.05, 3.63) is 116 Å². The maximum absolute atomic E-state index is 10.6. The maximum atomic E-state index is 10.6. The van der Waals surface area contributed by atoms with E-state index in [4.69, 9.17) is 62.7 Å². The largest absolute Gasteiger partial charge is 0.387 e. The van der Waals surface area contributed by atoms with Gasteiger partial charge in [-0.3, -0.25) is 0 Å². The van der Waals surface area contributed by atoms with Crippen LogP contribution in [-0.2, 0) is 11.3 Å². The van der Waals surface area contributed by atoms with E-state index in [1.54, 1.807) is 36.4 Å². The summed E-state index contributed by atoms with van der Waals surface area (Å²) in [6.07, 6.45) is 2.66. The van der Waals surface area contributed by atoms with Gasteiger partial charge in [0.05, 0.1) is 19.4 Å². The third kappa shape index (κ3) is 7.68. The average molecular weight is 654 g/mol. The summed E-state index contributed by atoms with van der Waals surface area (Å²) in [6, 6.07) is 19.9. The normalized spacial score (nSPS) is 15.5. The van der Waals surface area contributed by atoms with Crippen molar-refractivity contribution in [3.8, 4) is 0 Å². The highest BCUT2D eigenvalue weighted by Gasteiger charge is 2.30. The summed E-state index contributed by atoms with van der Waals surface area (Å²) < 4.78 is 6.29. The molecule has 3 unspecified atom stereocenters. The molecule has 4 nitrogen and oxygen atoms in total. The van der Waals surface area contributed by atoms with Crippen molar-refractivity contribution >= 4 is 75.0 Å². The highest BCUT2D eigenvalue weighted by atomic mass is 79.9. The number of nitrogens with zero attached hydrogens (tertiary/aromatic N) is 2. The molecular weight excluding hydrogens is 629 g/mol. The Morgan fingerprint density at radius 1 is 0.806 bits per heavy atom. The van der Waals surface area contributed by atoms with Crippen molar-refractivity contribution in [2.75, 3.05) is 13.2 Å². The molecule has 0 bridgehead atoms. The summed E-state index contributed by atoms with van der Waals surface area (Å²) in [4.78, 5) is 3.95. The van der Waals surface area contributed by atoms with Gasteiger partial charge in [0.2, 0.25) is 0 Å². The van der Waals surface area contributed by atoms with Crippen LogP contribution in [0.5, 0.6) is 0 Å². The topological polar surface area (TPSA) is 35.9 Å². The van der Waals surface area contributed by atoms with Gasteiger partial charge < -0.3 is 19.6 Å². The second-order valence-corrected chi connectivity index (χ2v) is 10.3. The summed E-state index contributed by atoms with van der Waals surface area (Å²) in [5.74, 6) is 0. The molecule has 0 aromatic heterocycles. The summed E-state index contributed by atoms with van der Waals surface area (Å²) in [5.41, 5.74) is 1.96. The fraction of sp³-hybridized carbons (Fsp3) is 0.231. The van der Waals surface area contributed by atoms with E-state index in [-0.39, 0.29) is 23.6 Å². The Bertz CT molecular complexity index is 1160. The monoisotopic (exact) mass is 650 g/mol. The van der Waals surface area contributed by atoms with E-state index in [1.165, 1.54) is 0 Å². The molecule has 1 aliphatic rings. The molecule has 0 aliphatic carbocycles. The second-order valence-electron chi connectivity index (χ2n) is 8.18. The number of aliphatic hydroxyl groups excluding tert-OH is 1. The molecule has 36 heavy (non-hydrogen) atoms. The first-order chi connectivity index (χ1) is 16.8. The predicted octanol–water partition coefficient (Wildman–Crippen LogP) is 8.48. The number of aliphatic hydroxyl groups is 1. The van der Waals surface area contributed by atoms with Gasteiger partial charge >= 0.3 is 0 Å². The number of hydrogen-bond donors (Lipinski definition) is 1. The molecule has 3 aromatic carbocycles.